The molecule has 28 heavy (non-hydrogen) atoms. The van der Waals surface area contributed by atoms with Crippen molar-refractivity contribution in [3.8, 4) is 22.6 Å². The number of nitrogen functional groups attached to an aromatic ring is 1. The lowest BCUT2D eigenvalue weighted by atomic mass is 10.1. The van der Waals surface area contributed by atoms with Gasteiger partial charge in [-0.2, -0.15) is 0 Å². The van der Waals surface area contributed by atoms with Gasteiger partial charge in [0.2, 0.25) is 0 Å². The molecule has 1 unspecified atom stereocenters. The molecule has 0 fully saturated rings. The van der Waals surface area contributed by atoms with E-state index >= 15 is 0 Å². The number of hydrogen-bond donors (Lipinski definition) is 1. The molecule has 140 valence electrons. The molecule has 0 amide bonds. The van der Waals surface area contributed by atoms with Crippen LogP contribution in [0.25, 0.3) is 33.8 Å². The van der Waals surface area contributed by atoms with Crippen molar-refractivity contribution < 1.29 is 0 Å². The van der Waals surface area contributed by atoms with Gasteiger partial charge in [-0.05, 0) is 49.7 Å². The number of nitrogens with two attached hydrogens (primary N) is 1. The zero-order valence-corrected chi connectivity index (χ0v) is 16.3. The minimum Gasteiger partial charge on any atom is -0.383 e. The summed E-state index contributed by atoms with van der Waals surface area (Å²) >= 11 is 6.02. The van der Waals surface area contributed by atoms with Crippen molar-refractivity contribution in [2.75, 3.05) is 5.73 Å². The number of allylic oxidation sites excluding steroid dienone is 1. The molecule has 1 aromatic carbocycles. The average molecular weight is 390 g/mol. The standard InChI is InChI=1S/C22H20ClN5/c1-3-5-14(2)28-21(17-6-4-13-25-20(17)24)27-19-12-11-18(26-22(19)28)15-7-9-16(23)10-8-15/h3-4,6-14H,1,5H2,2H3,(H2,24,25). The van der Waals surface area contributed by atoms with E-state index in [-0.39, 0.29) is 6.04 Å². The van der Waals surface area contributed by atoms with Gasteiger partial charge in [0.1, 0.15) is 17.2 Å². The summed E-state index contributed by atoms with van der Waals surface area (Å²) in [6.45, 7) is 6.00. The number of pyridine rings is 2. The minimum atomic E-state index is 0.116. The van der Waals surface area contributed by atoms with Crippen LogP contribution in [0.5, 0.6) is 0 Å². The summed E-state index contributed by atoms with van der Waals surface area (Å²) in [5, 5.41) is 0.698. The zero-order valence-electron chi connectivity index (χ0n) is 15.5. The Labute approximate surface area is 168 Å². The summed E-state index contributed by atoms with van der Waals surface area (Å²) < 4.78 is 2.11. The Morgan fingerprint density at radius 3 is 2.64 bits per heavy atom. The maximum atomic E-state index is 6.14. The molecule has 3 aromatic heterocycles. The lowest BCUT2D eigenvalue weighted by Gasteiger charge is -2.16. The number of benzene rings is 1. The van der Waals surface area contributed by atoms with Crippen LogP contribution in [0, 0.1) is 0 Å². The van der Waals surface area contributed by atoms with Gasteiger partial charge in [0, 0.05) is 22.8 Å². The van der Waals surface area contributed by atoms with Crippen molar-refractivity contribution >= 4 is 28.6 Å². The second-order valence-corrected chi connectivity index (χ2v) is 7.10. The van der Waals surface area contributed by atoms with E-state index < -0.39 is 0 Å². The molecular weight excluding hydrogens is 370 g/mol. The fraction of sp³-hybridized carbons (Fsp3) is 0.136. The lowest BCUT2D eigenvalue weighted by molar-refractivity contribution is 0.572. The number of rotatable bonds is 5. The van der Waals surface area contributed by atoms with Crippen molar-refractivity contribution in [1.82, 2.24) is 19.5 Å². The smallest absolute Gasteiger partial charge is 0.161 e. The number of anilines is 1. The molecule has 0 aliphatic heterocycles. The van der Waals surface area contributed by atoms with Gasteiger partial charge in [0.25, 0.3) is 0 Å². The Hall–Kier alpha value is -3.18. The third kappa shape index (κ3) is 3.25. The quantitative estimate of drug-likeness (QED) is 0.455. The summed E-state index contributed by atoms with van der Waals surface area (Å²) in [7, 11) is 0. The Bertz CT molecular complexity index is 1150. The Morgan fingerprint density at radius 2 is 1.93 bits per heavy atom. The second-order valence-electron chi connectivity index (χ2n) is 6.66. The number of hydrogen-bond acceptors (Lipinski definition) is 4. The molecule has 4 rings (SSSR count). The van der Waals surface area contributed by atoms with Crippen molar-refractivity contribution in [1.29, 1.82) is 0 Å². The summed E-state index contributed by atoms with van der Waals surface area (Å²) in [4.78, 5) is 14.0. The van der Waals surface area contributed by atoms with Gasteiger partial charge in [-0.1, -0.05) is 29.8 Å². The van der Waals surface area contributed by atoms with Crippen LogP contribution in [-0.4, -0.2) is 19.5 Å². The van der Waals surface area contributed by atoms with E-state index in [2.05, 4.69) is 23.1 Å². The molecule has 0 spiro atoms. The topological polar surface area (TPSA) is 69.6 Å². The van der Waals surface area contributed by atoms with E-state index in [1.165, 1.54) is 0 Å². The van der Waals surface area contributed by atoms with E-state index in [0.717, 1.165) is 40.2 Å². The van der Waals surface area contributed by atoms with Gasteiger partial charge >= 0.3 is 0 Å². The van der Waals surface area contributed by atoms with Gasteiger partial charge in [-0.15, -0.1) is 6.58 Å². The highest BCUT2D eigenvalue weighted by Gasteiger charge is 2.20. The average Bonchev–Trinajstić information content (AvgIpc) is 3.07. The highest BCUT2D eigenvalue weighted by molar-refractivity contribution is 6.30. The minimum absolute atomic E-state index is 0.116. The van der Waals surface area contributed by atoms with Gasteiger partial charge in [0.15, 0.2) is 5.65 Å². The molecule has 0 aliphatic rings. The summed E-state index contributed by atoms with van der Waals surface area (Å²) in [5.41, 5.74) is 10.4. The van der Waals surface area contributed by atoms with E-state index in [0.29, 0.717) is 10.8 Å². The van der Waals surface area contributed by atoms with Crippen LogP contribution < -0.4 is 5.73 Å². The number of imidazole rings is 1. The molecule has 1 atom stereocenters. The van der Waals surface area contributed by atoms with Gasteiger partial charge < -0.3 is 10.3 Å². The van der Waals surface area contributed by atoms with Crippen LogP contribution in [0.4, 0.5) is 5.82 Å². The van der Waals surface area contributed by atoms with E-state index in [4.69, 9.17) is 27.3 Å². The van der Waals surface area contributed by atoms with Crippen LogP contribution in [0.1, 0.15) is 19.4 Å². The zero-order chi connectivity index (χ0) is 19.7. The molecule has 2 N–H and O–H groups in total. The van der Waals surface area contributed by atoms with Crippen molar-refractivity contribution in [3.63, 3.8) is 0 Å². The Kier molecular flexibility index (Phi) is 4.84. The predicted molar refractivity (Wildman–Crippen MR) is 115 cm³/mol. The molecule has 0 saturated heterocycles. The molecule has 0 saturated carbocycles. The van der Waals surface area contributed by atoms with Gasteiger partial charge in [-0.25, -0.2) is 15.0 Å². The van der Waals surface area contributed by atoms with Gasteiger partial charge in [-0.3, -0.25) is 0 Å². The third-order valence-electron chi connectivity index (χ3n) is 4.71. The van der Waals surface area contributed by atoms with E-state index in [1.807, 2.05) is 54.6 Å². The first-order valence-electron chi connectivity index (χ1n) is 9.05. The SMILES string of the molecule is C=CCC(C)n1c(-c2cccnc2N)nc2ccc(-c3ccc(Cl)cc3)nc21. The van der Waals surface area contributed by atoms with E-state index in [9.17, 15) is 0 Å². The number of halogens is 1. The molecule has 0 bridgehead atoms. The molecule has 4 aromatic rings. The lowest BCUT2D eigenvalue weighted by Crippen LogP contribution is -2.08. The van der Waals surface area contributed by atoms with Crippen molar-refractivity contribution in [2.24, 2.45) is 0 Å². The normalized spacial score (nSPS) is 12.2. The van der Waals surface area contributed by atoms with Crippen LogP contribution in [0.3, 0.4) is 0 Å². The third-order valence-corrected chi connectivity index (χ3v) is 4.96. The van der Waals surface area contributed by atoms with Crippen LogP contribution in [0.15, 0.2) is 67.4 Å². The molecule has 5 nitrogen and oxygen atoms in total. The summed E-state index contributed by atoms with van der Waals surface area (Å²) in [6, 6.07) is 15.5. The molecular formula is C22H20ClN5. The summed E-state index contributed by atoms with van der Waals surface area (Å²) in [6.07, 6.45) is 4.36. The van der Waals surface area contributed by atoms with E-state index in [1.54, 1.807) is 6.20 Å². The molecule has 3 heterocycles. The van der Waals surface area contributed by atoms with Crippen molar-refractivity contribution in [2.45, 2.75) is 19.4 Å². The van der Waals surface area contributed by atoms with Crippen LogP contribution in [0.2, 0.25) is 5.02 Å². The first kappa shape index (κ1) is 18.2. The predicted octanol–water partition coefficient (Wildman–Crippen LogP) is 5.53. The highest BCUT2D eigenvalue weighted by Crippen LogP contribution is 2.32. The monoisotopic (exact) mass is 389 g/mol. The second kappa shape index (κ2) is 7.44. The first-order valence-corrected chi connectivity index (χ1v) is 9.43. The summed E-state index contributed by atoms with van der Waals surface area (Å²) in [5.74, 6) is 1.21. The molecule has 0 aliphatic carbocycles. The largest absolute Gasteiger partial charge is 0.383 e. The maximum absolute atomic E-state index is 6.14. The number of nitrogens with zero attached hydrogens (tertiary/aromatic N) is 4. The highest BCUT2D eigenvalue weighted by atomic mass is 35.5. The first-order chi connectivity index (χ1) is 13.6. The van der Waals surface area contributed by atoms with Crippen LogP contribution in [-0.2, 0) is 0 Å². The Morgan fingerprint density at radius 1 is 1.14 bits per heavy atom. The fourth-order valence-electron chi connectivity index (χ4n) is 3.32. The van der Waals surface area contributed by atoms with Crippen molar-refractivity contribution in [3.05, 3.63) is 72.4 Å². The van der Waals surface area contributed by atoms with Gasteiger partial charge in [0.05, 0.1) is 11.3 Å². The number of aromatic nitrogens is 4. The molecule has 0 radical (unpaired) electrons. The van der Waals surface area contributed by atoms with Crippen LogP contribution >= 0.6 is 11.6 Å². The maximum Gasteiger partial charge on any atom is 0.161 e. The molecule has 6 heteroatoms. The Balaban J connectivity index is 1.95. The number of fused-ring (bicyclic) bond motifs is 1. The fourth-order valence-corrected chi connectivity index (χ4v) is 3.44.